The number of amides is 1. The standard InChI is InChI=1S/C31H35NO7/c1-22(33)32-28-30(37-19-25-14-8-4-9-15-25)29(36-18-24-12-6-3-7-13-24)27(21-35-23(2)34)39-31(28)38-20-26-16-10-5-11-17-26/h3-17,27-31H,18-21H2,1-2H3,(H,32,33)/t27?,28?,29-,30?,31+/m0/s1. The molecular weight excluding hydrogens is 498 g/mol. The van der Waals surface area contributed by atoms with Gasteiger partial charge in [-0.05, 0) is 16.7 Å². The van der Waals surface area contributed by atoms with Gasteiger partial charge in [0.15, 0.2) is 6.29 Å². The molecule has 1 amide bonds. The van der Waals surface area contributed by atoms with Crippen LogP contribution in [0, 0.1) is 0 Å². The molecule has 0 bridgehead atoms. The number of esters is 1. The topological polar surface area (TPSA) is 92.3 Å². The van der Waals surface area contributed by atoms with Crippen LogP contribution in [0.2, 0.25) is 0 Å². The Morgan fingerprint density at radius 3 is 1.62 bits per heavy atom. The second-order valence-electron chi connectivity index (χ2n) is 9.39. The van der Waals surface area contributed by atoms with Crippen molar-refractivity contribution >= 4 is 11.9 Å². The third-order valence-corrected chi connectivity index (χ3v) is 6.29. The Morgan fingerprint density at radius 1 is 0.692 bits per heavy atom. The van der Waals surface area contributed by atoms with Crippen LogP contribution in [0.4, 0.5) is 0 Å². The maximum Gasteiger partial charge on any atom is 0.302 e. The summed E-state index contributed by atoms with van der Waals surface area (Å²) in [6, 6.07) is 28.4. The molecule has 1 fully saturated rings. The van der Waals surface area contributed by atoms with Gasteiger partial charge in [0, 0.05) is 13.8 Å². The number of nitrogens with one attached hydrogen (secondary N) is 1. The first-order valence-electron chi connectivity index (χ1n) is 13.0. The highest BCUT2D eigenvalue weighted by molar-refractivity contribution is 5.73. The van der Waals surface area contributed by atoms with Crippen LogP contribution in [0.25, 0.3) is 0 Å². The van der Waals surface area contributed by atoms with Gasteiger partial charge in [-0.25, -0.2) is 0 Å². The Hall–Kier alpha value is -3.56. The summed E-state index contributed by atoms with van der Waals surface area (Å²) < 4.78 is 30.7. The molecule has 1 aliphatic rings. The summed E-state index contributed by atoms with van der Waals surface area (Å²) in [5.74, 6) is -0.696. The van der Waals surface area contributed by atoms with Crippen molar-refractivity contribution in [2.24, 2.45) is 0 Å². The monoisotopic (exact) mass is 533 g/mol. The van der Waals surface area contributed by atoms with Crippen LogP contribution >= 0.6 is 0 Å². The van der Waals surface area contributed by atoms with E-state index in [9.17, 15) is 9.59 Å². The van der Waals surface area contributed by atoms with Gasteiger partial charge in [0.1, 0.15) is 31.0 Å². The van der Waals surface area contributed by atoms with Crippen molar-refractivity contribution in [3.8, 4) is 0 Å². The van der Waals surface area contributed by atoms with Crippen molar-refractivity contribution in [1.82, 2.24) is 5.32 Å². The second kappa shape index (κ2) is 14.6. The average molecular weight is 534 g/mol. The first kappa shape index (κ1) is 28.4. The number of rotatable bonds is 12. The van der Waals surface area contributed by atoms with E-state index in [0.717, 1.165) is 16.7 Å². The Labute approximate surface area is 229 Å². The summed E-state index contributed by atoms with van der Waals surface area (Å²) in [4.78, 5) is 24.1. The molecule has 0 spiro atoms. The quantitative estimate of drug-likeness (QED) is 0.350. The van der Waals surface area contributed by atoms with E-state index < -0.39 is 36.6 Å². The molecule has 3 aromatic rings. The van der Waals surface area contributed by atoms with Gasteiger partial charge in [0.05, 0.1) is 19.8 Å². The average Bonchev–Trinajstić information content (AvgIpc) is 2.95. The van der Waals surface area contributed by atoms with Crippen molar-refractivity contribution < 1.29 is 33.3 Å². The summed E-state index contributed by atoms with van der Waals surface area (Å²) >= 11 is 0. The highest BCUT2D eigenvalue weighted by Gasteiger charge is 2.49. The summed E-state index contributed by atoms with van der Waals surface area (Å²) in [5, 5.41) is 2.97. The van der Waals surface area contributed by atoms with Crippen molar-refractivity contribution in [3.63, 3.8) is 0 Å². The molecular formula is C31H35NO7. The van der Waals surface area contributed by atoms with E-state index in [-0.39, 0.29) is 32.3 Å². The molecule has 4 rings (SSSR count). The zero-order valence-corrected chi connectivity index (χ0v) is 22.2. The summed E-state index contributed by atoms with van der Waals surface area (Å²) in [6.45, 7) is 3.53. The first-order chi connectivity index (χ1) is 19.0. The summed E-state index contributed by atoms with van der Waals surface area (Å²) in [7, 11) is 0. The molecule has 1 heterocycles. The number of benzene rings is 3. The van der Waals surface area contributed by atoms with Gasteiger partial charge in [-0.15, -0.1) is 0 Å². The Balaban J connectivity index is 1.63. The molecule has 1 saturated heterocycles. The van der Waals surface area contributed by atoms with Crippen molar-refractivity contribution in [1.29, 1.82) is 0 Å². The van der Waals surface area contributed by atoms with E-state index in [1.54, 1.807) is 0 Å². The van der Waals surface area contributed by atoms with Crippen molar-refractivity contribution in [3.05, 3.63) is 108 Å². The van der Waals surface area contributed by atoms with Crippen LogP contribution in [0.5, 0.6) is 0 Å². The van der Waals surface area contributed by atoms with Gasteiger partial charge in [0.25, 0.3) is 0 Å². The highest BCUT2D eigenvalue weighted by atomic mass is 16.7. The highest BCUT2D eigenvalue weighted by Crippen LogP contribution is 2.29. The number of carbonyl (C=O) groups excluding carboxylic acids is 2. The zero-order chi connectivity index (χ0) is 27.5. The minimum absolute atomic E-state index is 0.0576. The molecule has 3 unspecified atom stereocenters. The van der Waals surface area contributed by atoms with Gasteiger partial charge in [-0.3, -0.25) is 9.59 Å². The predicted molar refractivity (Wildman–Crippen MR) is 144 cm³/mol. The molecule has 3 aromatic carbocycles. The van der Waals surface area contributed by atoms with Crippen molar-refractivity contribution in [2.75, 3.05) is 6.61 Å². The lowest BCUT2D eigenvalue weighted by Gasteiger charge is -2.46. The maximum absolute atomic E-state index is 12.3. The smallest absolute Gasteiger partial charge is 0.302 e. The van der Waals surface area contributed by atoms with E-state index in [0.29, 0.717) is 0 Å². The third-order valence-electron chi connectivity index (χ3n) is 6.29. The lowest BCUT2D eigenvalue weighted by molar-refractivity contribution is -0.291. The largest absolute Gasteiger partial charge is 0.463 e. The van der Waals surface area contributed by atoms with Gasteiger partial charge in [-0.2, -0.15) is 0 Å². The van der Waals surface area contributed by atoms with E-state index in [2.05, 4.69) is 5.32 Å². The Bertz CT molecular complexity index is 1160. The maximum atomic E-state index is 12.3. The Morgan fingerprint density at radius 2 is 1.15 bits per heavy atom. The molecule has 0 aromatic heterocycles. The van der Waals surface area contributed by atoms with E-state index >= 15 is 0 Å². The normalized spacial score (nSPS) is 22.7. The first-order valence-corrected chi connectivity index (χ1v) is 13.0. The van der Waals surface area contributed by atoms with Gasteiger partial charge < -0.3 is 29.0 Å². The van der Waals surface area contributed by atoms with Gasteiger partial charge in [0.2, 0.25) is 5.91 Å². The van der Waals surface area contributed by atoms with Crippen LogP contribution in [0.15, 0.2) is 91.0 Å². The number of ether oxygens (including phenoxy) is 5. The van der Waals surface area contributed by atoms with Gasteiger partial charge >= 0.3 is 5.97 Å². The Kier molecular flexibility index (Phi) is 10.6. The number of hydrogen-bond acceptors (Lipinski definition) is 7. The van der Waals surface area contributed by atoms with E-state index in [4.69, 9.17) is 23.7 Å². The molecule has 8 heteroatoms. The lowest BCUT2D eigenvalue weighted by Crippen LogP contribution is -2.66. The van der Waals surface area contributed by atoms with Gasteiger partial charge in [-0.1, -0.05) is 91.0 Å². The SMILES string of the molecule is CC(=O)NC1C(OCc2ccccc2)[C@@H](OCc2ccccc2)C(COC(C)=O)O[C@H]1OCc1ccccc1. The summed E-state index contributed by atoms with van der Waals surface area (Å²) in [6.07, 6.45) is -2.94. The van der Waals surface area contributed by atoms with Crippen LogP contribution < -0.4 is 5.32 Å². The van der Waals surface area contributed by atoms with Crippen LogP contribution in [-0.2, 0) is 53.1 Å². The fourth-order valence-electron chi connectivity index (χ4n) is 4.45. The minimum atomic E-state index is -0.882. The molecule has 0 saturated carbocycles. The lowest BCUT2D eigenvalue weighted by atomic mass is 9.95. The van der Waals surface area contributed by atoms with E-state index in [1.807, 2.05) is 91.0 Å². The fourth-order valence-corrected chi connectivity index (χ4v) is 4.45. The molecule has 39 heavy (non-hydrogen) atoms. The molecule has 0 aliphatic carbocycles. The minimum Gasteiger partial charge on any atom is -0.463 e. The predicted octanol–water partition coefficient (Wildman–Crippen LogP) is 4.17. The third kappa shape index (κ3) is 8.73. The number of carbonyl (C=O) groups is 2. The van der Waals surface area contributed by atoms with Crippen LogP contribution in [-0.4, -0.2) is 49.1 Å². The number of hydrogen-bond donors (Lipinski definition) is 1. The van der Waals surface area contributed by atoms with Crippen LogP contribution in [0.3, 0.4) is 0 Å². The zero-order valence-electron chi connectivity index (χ0n) is 22.2. The fraction of sp³-hybridized carbons (Fsp3) is 0.355. The molecule has 206 valence electrons. The van der Waals surface area contributed by atoms with Crippen LogP contribution in [0.1, 0.15) is 30.5 Å². The molecule has 8 nitrogen and oxygen atoms in total. The van der Waals surface area contributed by atoms with Crippen molar-refractivity contribution in [2.45, 2.75) is 64.3 Å². The molecule has 0 radical (unpaired) electrons. The van der Waals surface area contributed by atoms with E-state index in [1.165, 1.54) is 13.8 Å². The molecule has 1 N–H and O–H groups in total. The molecule has 5 atom stereocenters. The second-order valence-corrected chi connectivity index (χ2v) is 9.39. The molecule has 1 aliphatic heterocycles. The summed E-state index contributed by atoms with van der Waals surface area (Å²) in [5.41, 5.74) is 2.87.